The molecule has 1 unspecified atom stereocenters. The van der Waals surface area contributed by atoms with E-state index in [-0.39, 0.29) is 6.61 Å². The van der Waals surface area contributed by atoms with E-state index < -0.39 is 0 Å². The van der Waals surface area contributed by atoms with Crippen LogP contribution in [0, 0.1) is 0 Å². The van der Waals surface area contributed by atoms with Crippen molar-refractivity contribution >= 4 is 11.3 Å². The second-order valence-corrected chi connectivity index (χ2v) is 5.26. The van der Waals surface area contributed by atoms with E-state index in [9.17, 15) is 0 Å². The van der Waals surface area contributed by atoms with Crippen molar-refractivity contribution in [2.45, 2.75) is 45.7 Å². The summed E-state index contributed by atoms with van der Waals surface area (Å²) in [5, 5.41) is 13.3. The molecule has 1 heterocycles. The molecule has 0 aliphatic rings. The van der Waals surface area contributed by atoms with Crippen LogP contribution in [0.2, 0.25) is 0 Å². The van der Waals surface area contributed by atoms with Gasteiger partial charge in [-0.3, -0.25) is 0 Å². The maximum absolute atomic E-state index is 8.76. The number of nitrogens with one attached hydrogen (secondary N) is 1. The second-order valence-electron chi connectivity index (χ2n) is 4.11. The Balaban J connectivity index is 2.37. The monoisotopic (exact) mass is 228 g/mol. The summed E-state index contributed by atoms with van der Waals surface area (Å²) in [6.07, 6.45) is 2.74. The first-order valence-corrected chi connectivity index (χ1v) is 6.24. The van der Waals surface area contributed by atoms with E-state index in [2.05, 4.69) is 31.1 Å². The summed E-state index contributed by atoms with van der Waals surface area (Å²) >= 11 is 1.76. The van der Waals surface area contributed by atoms with Gasteiger partial charge in [0.2, 0.25) is 0 Å². The molecule has 0 saturated carbocycles. The molecule has 1 atom stereocenters. The van der Waals surface area contributed by atoms with E-state index in [0.717, 1.165) is 13.0 Å². The molecule has 15 heavy (non-hydrogen) atoms. The molecule has 0 radical (unpaired) electrons. The largest absolute Gasteiger partial charge is 0.396 e. The van der Waals surface area contributed by atoms with Gasteiger partial charge in [0.25, 0.3) is 0 Å². The average molecular weight is 228 g/mol. The van der Waals surface area contributed by atoms with Gasteiger partial charge in [-0.2, -0.15) is 0 Å². The lowest BCUT2D eigenvalue weighted by Crippen LogP contribution is -2.25. The van der Waals surface area contributed by atoms with E-state index in [1.807, 2.05) is 6.20 Å². The zero-order chi connectivity index (χ0) is 11.3. The lowest BCUT2D eigenvalue weighted by atomic mass is 10.2. The first kappa shape index (κ1) is 12.6. The SMILES string of the molecule is CC(CCO)NCc1cnc(C(C)C)s1. The first-order chi connectivity index (χ1) is 7.13. The smallest absolute Gasteiger partial charge is 0.0953 e. The van der Waals surface area contributed by atoms with Crippen molar-refractivity contribution in [1.82, 2.24) is 10.3 Å². The Morgan fingerprint density at radius 1 is 1.47 bits per heavy atom. The van der Waals surface area contributed by atoms with Gasteiger partial charge in [-0.25, -0.2) is 4.98 Å². The molecule has 3 nitrogen and oxygen atoms in total. The molecular formula is C11H20N2OS. The number of aliphatic hydroxyl groups excluding tert-OH is 1. The van der Waals surface area contributed by atoms with Crippen LogP contribution in [0.3, 0.4) is 0 Å². The van der Waals surface area contributed by atoms with Gasteiger partial charge in [0.05, 0.1) is 5.01 Å². The Morgan fingerprint density at radius 3 is 2.73 bits per heavy atom. The maximum atomic E-state index is 8.76. The van der Waals surface area contributed by atoms with Crippen LogP contribution in [-0.2, 0) is 6.54 Å². The van der Waals surface area contributed by atoms with Gasteiger partial charge in [-0.05, 0) is 13.3 Å². The van der Waals surface area contributed by atoms with Crippen molar-refractivity contribution in [2.24, 2.45) is 0 Å². The minimum atomic E-state index is 0.244. The fourth-order valence-electron chi connectivity index (χ4n) is 1.24. The molecule has 0 aliphatic carbocycles. The van der Waals surface area contributed by atoms with Gasteiger partial charge in [0, 0.05) is 36.2 Å². The highest BCUT2D eigenvalue weighted by Crippen LogP contribution is 2.20. The topological polar surface area (TPSA) is 45.1 Å². The summed E-state index contributed by atoms with van der Waals surface area (Å²) < 4.78 is 0. The highest BCUT2D eigenvalue weighted by molar-refractivity contribution is 7.11. The molecule has 0 fully saturated rings. The van der Waals surface area contributed by atoms with Crippen LogP contribution in [0.25, 0.3) is 0 Å². The van der Waals surface area contributed by atoms with Crippen molar-refractivity contribution in [3.05, 3.63) is 16.1 Å². The molecule has 1 rings (SSSR count). The Kier molecular flexibility index (Phi) is 5.22. The molecule has 2 N–H and O–H groups in total. The standard InChI is InChI=1S/C11H20N2OS/c1-8(2)11-13-7-10(15-11)6-12-9(3)4-5-14/h7-9,12,14H,4-6H2,1-3H3. The number of hydrogen-bond donors (Lipinski definition) is 2. The molecule has 0 aromatic carbocycles. The third-order valence-electron chi connectivity index (χ3n) is 2.25. The molecule has 0 aliphatic heterocycles. The zero-order valence-corrected chi connectivity index (χ0v) is 10.5. The third kappa shape index (κ3) is 4.28. The van der Waals surface area contributed by atoms with Crippen LogP contribution >= 0.6 is 11.3 Å². The van der Waals surface area contributed by atoms with E-state index in [1.54, 1.807) is 11.3 Å². The molecule has 86 valence electrons. The van der Waals surface area contributed by atoms with Crippen LogP contribution in [-0.4, -0.2) is 22.7 Å². The molecule has 1 aromatic heterocycles. The average Bonchev–Trinajstić information content (AvgIpc) is 2.63. The quantitative estimate of drug-likeness (QED) is 0.784. The van der Waals surface area contributed by atoms with Crippen LogP contribution < -0.4 is 5.32 Å². The van der Waals surface area contributed by atoms with E-state index >= 15 is 0 Å². The minimum absolute atomic E-state index is 0.244. The first-order valence-electron chi connectivity index (χ1n) is 5.42. The maximum Gasteiger partial charge on any atom is 0.0953 e. The number of hydrogen-bond acceptors (Lipinski definition) is 4. The summed E-state index contributed by atoms with van der Waals surface area (Å²) in [5.41, 5.74) is 0. The number of rotatable bonds is 6. The molecule has 0 bridgehead atoms. The Labute approximate surface area is 95.6 Å². The van der Waals surface area contributed by atoms with Gasteiger partial charge in [-0.15, -0.1) is 11.3 Å². The minimum Gasteiger partial charge on any atom is -0.396 e. The molecular weight excluding hydrogens is 208 g/mol. The van der Waals surface area contributed by atoms with Crippen LogP contribution in [0.5, 0.6) is 0 Å². The Bertz CT molecular complexity index is 286. The molecule has 0 spiro atoms. The van der Waals surface area contributed by atoms with Crippen molar-refractivity contribution in [1.29, 1.82) is 0 Å². The zero-order valence-electron chi connectivity index (χ0n) is 9.66. The number of aliphatic hydroxyl groups is 1. The number of aromatic nitrogens is 1. The normalized spacial score (nSPS) is 13.4. The van der Waals surface area contributed by atoms with Crippen LogP contribution in [0.1, 0.15) is 43.0 Å². The highest BCUT2D eigenvalue weighted by atomic mass is 32.1. The molecule has 4 heteroatoms. The summed E-state index contributed by atoms with van der Waals surface area (Å²) in [5.74, 6) is 0.513. The van der Waals surface area contributed by atoms with Crippen molar-refractivity contribution < 1.29 is 5.11 Å². The van der Waals surface area contributed by atoms with Gasteiger partial charge >= 0.3 is 0 Å². The fourth-order valence-corrected chi connectivity index (χ4v) is 2.11. The summed E-state index contributed by atoms with van der Waals surface area (Å²) in [6, 6.07) is 0.361. The summed E-state index contributed by atoms with van der Waals surface area (Å²) in [4.78, 5) is 5.64. The van der Waals surface area contributed by atoms with Gasteiger partial charge in [0.1, 0.15) is 0 Å². The predicted molar refractivity (Wildman–Crippen MR) is 64.2 cm³/mol. The Hall–Kier alpha value is -0.450. The van der Waals surface area contributed by atoms with Crippen molar-refractivity contribution in [2.75, 3.05) is 6.61 Å². The summed E-state index contributed by atoms with van der Waals surface area (Å²) in [6.45, 7) is 7.50. The van der Waals surface area contributed by atoms with Gasteiger partial charge in [-0.1, -0.05) is 13.8 Å². The molecule has 0 saturated heterocycles. The molecule has 0 amide bonds. The molecule has 1 aromatic rings. The van der Waals surface area contributed by atoms with Crippen LogP contribution in [0.15, 0.2) is 6.20 Å². The number of nitrogens with zero attached hydrogens (tertiary/aromatic N) is 1. The van der Waals surface area contributed by atoms with Gasteiger partial charge < -0.3 is 10.4 Å². The third-order valence-corrected chi connectivity index (χ3v) is 3.55. The lowest BCUT2D eigenvalue weighted by molar-refractivity contribution is 0.269. The second kappa shape index (κ2) is 6.20. The lowest BCUT2D eigenvalue weighted by Gasteiger charge is -2.10. The Morgan fingerprint density at radius 2 is 2.20 bits per heavy atom. The fraction of sp³-hybridized carbons (Fsp3) is 0.727. The predicted octanol–water partition coefficient (Wildman–Crippen LogP) is 2.13. The van der Waals surface area contributed by atoms with E-state index in [1.165, 1.54) is 9.88 Å². The van der Waals surface area contributed by atoms with E-state index in [0.29, 0.717) is 12.0 Å². The highest BCUT2D eigenvalue weighted by Gasteiger charge is 2.06. The van der Waals surface area contributed by atoms with Crippen LogP contribution in [0.4, 0.5) is 0 Å². The van der Waals surface area contributed by atoms with Crippen molar-refractivity contribution in [3.8, 4) is 0 Å². The van der Waals surface area contributed by atoms with Crippen molar-refractivity contribution in [3.63, 3.8) is 0 Å². The number of thiazole rings is 1. The van der Waals surface area contributed by atoms with Gasteiger partial charge in [0.15, 0.2) is 0 Å². The van der Waals surface area contributed by atoms with E-state index in [4.69, 9.17) is 5.11 Å². The summed E-state index contributed by atoms with van der Waals surface area (Å²) in [7, 11) is 0.